The fourth-order valence-electron chi connectivity index (χ4n) is 5.88. The topological polar surface area (TPSA) is 208 Å². The highest BCUT2D eigenvalue weighted by Gasteiger charge is 2.27. The van der Waals surface area contributed by atoms with Gasteiger partial charge in [0.1, 0.15) is 5.69 Å². The van der Waals surface area contributed by atoms with E-state index in [1.165, 1.54) is 25.1 Å². The fourth-order valence-corrected chi connectivity index (χ4v) is 5.88. The number of aliphatic hydroxyl groups is 1. The number of aliphatic hydroxyl groups excluding tert-OH is 1. The smallest absolute Gasteiger partial charge is 0.360 e. The van der Waals surface area contributed by atoms with Crippen molar-refractivity contribution in [2.45, 2.75) is 86.5 Å². The molecule has 1 unspecified atom stereocenters. The first-order valence-electron chi connectivity index (χ1n) is 19.7. The molecule has 4 rings (SSSR count). The number of Topliss-reactive ketones (excluding diaryl/α,β-unsaturated/α-hetero) is 1. The van der Waals surface area contributed by atoms with Gasteiger partial charge in [-0.3, -0.25) is 24.0 Å². The van der Waals surface area contributed by atoms with Crippen molar-refractivity contribution >= 4 is 47.4 Å². The summed E-state index contributed by atoms with van der Waals surface area (Å²) >= 11 is 0. The van der Waals surface area contributed by atoms with Crippen molar-refractivity contribution in [1.29, 1.82) is 5.41 Å². The Balaban J connectivity index is 1.61. The molecular formula is C45H53N3O11. The molecule has 59 heavy (non-hydrogen) atoms. The zero-order valence-electron chi connectivity index (χ0n) is 34.4. The van der Waals surface area contributed by atoms with Crippen LogP contribution in [0.5, 0.6) is 0 Å². The highest BCUT2D eigenvalue weighted by molar-refractivity contribution is 6.09. The number of aromatic nitrogens is 1. The number of rotatable bonds is 21. The van der Waals surface area contributed by atoms with E-state index >= 15 is 0 Å². The van der Waals surface area contributed by atoms with Crippen LogP contribution in [-0.4, -0.2) is 71.0 Å². The van der Waals surface area contributed by atoms with Crippen molar-refractivity contribution in [3.63, 3.8) is 0 Å². The molecule has 3 N–H and O–H groups in total. The zero-order chi connectivity index (χ0) is 43.4. The van der Waals surface area contributed by atoms with Gasteiger partial charge in [0.2, 0.25) is 13.1 Å². The van der Waals surface area contributed by atoms with Crippen LogP contribution in [0.25, 0.3) is 17.2 Å². The lowest BCUT2D eigenvalue weighted by Gasteiger charge is -2.18. The molecule has 0 aliphatic heterocycles. The Labute approximate surface area is 344 Å². The molecular weight excluding hydrogens is 759 g/mol. The molecule has 2 aromatic carbocycles. The van der Waals surface area contributed by atoms with Gasteiger partial charge in [0.15, 0.2) is 11.5 Å². The number of carbonyl (C=O) groups is 6. The molecule has 0 bridgehead atoms. The van der Waals surface area contributed by atoms with E-state index in [0.717, 1.165) is 19.3 Å². The average molecular weight is 812 g/mol. The van der Waals surface area contributed by atoms with Crippen LogP contribution in [0.2, 0.25) is 0 Å². The summed E-state index contributed by atoms with van der Waals surface area (Å²) in [6.07, 6.45) is 2.62. The molecule has 14 nitrogen and oxygen atoms in total. The Hall–Kier alpha value is -6.02. The minimum Gasteiger partial charge on any atom is -0.428 e. The highest BCUT2D eigenvalue weighted by atomic mass is 16.7. The largest absolute Gasteiger partial charge is 0.428 e. The number of benzene rings is 2. The molecule has 0 radical (unpaired) electrons. The molecule has 3 aromatic rings. The second-order valence-corrected chi connectivity index (χ2v) is 15.0. The van der Waals surface area contributed by atoms with Gasteiger partial charge in [-0.1, -0.05) is 78.0 Å². The first-order valence-corrected chi connectivity index (χ1v) is 19.7. The third-order valence-corrected chi connectivity index (χ3v) is 10.1. The van der Waals surface area contributed by atoms with E-state index in [1.54, 1.807) is 57.2 Å². The maximum atomic E-state index is 14.2. The zero-order valence-corrected chi connectivity index (χ0v) is 34.4. The van der Waals surface area contributed by atoms with Gasteiger partial charge in [-0.15, -0.1) is 0 Å². The summed E-state index contributed by atoms with van der Waals surface area (Å²) in [4.78, 5) is 82.2. The van der Waals surface area contributed by atoms with Crippen molar-refractivity contribution in [2.75, 3.05) is 13.3 Å². The number of carbonyl (C=O) groups excluding carboxylic acids is 6. The van der Waals surface area contributed by atoms with Gasteiger partial charge < -0.3 is 34.8 Å². The number of hydrogen-bond acceptors (Lipinski definition) is 13. The Morgan fingerprint density at radius 3 is 2.24 bits per heavy atom. The number of ether oxygens (including phenoxy) is 4. The van der Waals surface area contributed by atoms with Crippen molar-refractivity contribution in [1.82, 2.24) is 10.3 Å². The van der Waals surface area contributed by atoms with Crippen molar-refractivity contribution in [3.8, 4) is 11.1 Å². The van der Waals surface area contributed by atoms with E-state index in [2.05, 4.69) is 16.9 Å². The molecule has 0 spiro atoms. The molecule has 1 fully saturated rings. The van der Waals surface area contributed by atoms with Crippen LogP contribution in [0.15, 0.2) is 55.1 Å². The molecule has 1 aromatic heterocycles. The van der Waals surface area contributed by atoms with Crippen LogP contribution in [-0.2, 0) is 46.4 Å². The lowest BCUT2D eigenvalue weighted by atomic mass is 9.89. The lowest BCUT2D eigenvalue weighted by molar-refractivity contribution is -0.186. The van der Waals surface area contributed by atoms with Crippen molar-refractivity contribution in [3.05, 3.63) is 94.3 Å². The number of ketones is 1. The SMILES string of the molecule is C=Cc1cc(C(=O)Cc2ccc(C(=N)CC(=O)OC(C)OC(=O)C(C)C)cc2)c(-c2ccc(C(=O)NCC3CC3)nc2C(=O)OCOC(=O)[C@@H](C)[C@@H](C)CC)cc1CO. The quantitative estimate of drug-likeness (QED) is 0.0448. The monoisotopic (exact) mass is 811 g/mol. The van der Waals surface area contributed by atoms with Crippen LogP contribution >= 0.6 is 0 Å². The number of amides is 1. The first-order chi connectivity index (χ1) is 28.1. The molecule has 14 heteroatoms. The summed E-state index contributed by atoms with van der Waals surface area (Å²) in [7, 11) is 0. The average Bonchev–Trinajstić information content (AvgIpc) is 4.06. The minimum atomic E-state index is -1.11. The maximum Gasteiger partial charge on any atom is 0.360 e. The predicted octanol–water partition coefficient (Wildman–Crippen LogP) is 6.64. The van der Waals surface area contributed by atoms with E-state index in [-0.39, 0.29) is 58.3 Å². The van der Waals surface area contributed by atoms with Gasteiger partial charge in [0, 0.05) is 36.7 Å². The Morgan fingerprint density at radius 1 is 0.932 bits per heavy atom. The summed E-state index contributed by atoms with van der Waals surface area (Å²) in [5.41, 5.74) is 1.92. The summed E-state index contributed by atoms with van der Waals surface area (Å²) in [5, 5.41) is 21.5. The van der Waals surface area contributed by atoms with E-state index in [0.29, 0.717) is 34.7 Å². The van der Waals surface area contributed by atoms with Crippen LogP contribution in [0.3, 0.4) is 0 Å². The summed E-state index contributed by atoms with van der Waals surface area (Å²) in [5.74, 6) is -4.14. The molecule has 1 aliphatic rings. The van der Waals surface area contributed by atoms with E-state index in [1.807, 2.05) is 13.8 Å². The van der Waals surface area contributed by atoms with E-state index < -0.39 is 61.3 Å². The first kappa shape index (κ1) is 45.7. The van der Waals surface area contributed by atoms with Gasteiger partial charge in [-0.05, 0) is 76.8 Å². The van der Waals surface area contributed by atoms with Crippen LogP contribution in [0, 0.1) is 29.1 Å². The van der Waals surface area contributed by atoms with Crippen LogP contribution in [0.1, 0.15) is 121 Å². The third-order valence-electron chi connectivity index (χ3n) is 10.1. The van der Waals surface area contributed by atoms with Crippen LogP contribution < -0.4 is 5.32 Å². The third kappa shape index (κ3) is 12.7. The van der Waals surface area contributed by atoms with E-state index in [4.69, 9.17) is 24.4 Å². The Morgan fingerprint density at radius 2 is 1.63 bits per heavy atom. The van der Waals surface area contributed by atoms with Gasteiger partial charge >= 0.3 is 23.9 Å². The number of hydrogen-bond donors (Lipinski definition) is 3. The maximum absolute atomic E-state index is 14.2. The molecule has 1 heterocycles. The molecule has 0 saturated heterocycles. The van der Waals surface area contributed by atoms with Gasteiger partial charge in [0.05, 0.1) is 24.9 Å². The van der Waals surface area contributed by atoms with Crippen LogP contribution in [0.4, 0.5) is 0 Å². The summed E-state index contributed by atoms with van der Waals surface area (Å²) in [6, 6.07) is 12.5. The van der Waals surface area contributed by atoms with Gasteiger partial charge in [-0.25, -0.2) is 9.78 Å². The normalized spacial score (nSPS) is 13.7. The number of esters is 4. The fraction of sp³-hybridized carbons (Fsp3) is 0.422. The lowest BCUT2D eigenvalue weighted by Crippen LogP contribution is -2.27. The number of nitrogens with zero attached hydrogens (tertiary/aromatic N) is 1. The molecule has 1 aliphatic carbocycles. The molecule has 3 atom stereocenters. The minimum absolute atomic E-state index is 0.0358. The van der Waals surface area contributed by atoms with Crippen molar-refractivity contribution in [2.24, 2.45) is 23.7 Å². The Kier molecular flexibility index (Phi) is 16.4. The second kappa shape index (κ2) is 21.1. The molecule has 1 saturated carbocycles. The Bertz CT molecular complexity index is 2070. The van der Waals surface area contributed by atoms with E-state index in [9.17, 15) is 33.9 Å². The summed E-state index contributed by atoms with van der Waals surface area (Å²) in [6.45, 7) is 13.4. The standard InChI is InChI=1S/C45H53N3O11/c1-8-26(5)27(6)44(54)56-24-57-45(55)41-34(16-17-38(48-41)42(52)47-22-30-10-11-30)35-20-33(23-49)31(9-2)19-36(35)39(50)18-29-12-14-32(15-13-29)37(46)21-40(51)58-28(7)59-43(53)25(3)4/h9,12-17,19-20,25-28,30,46,49H,2,8,10-11,18,21-24H2,1,3-7H3,(H,47,52)/t26-,27-,28?/m0/s1. The summed E-state index contributed by atoms with van der Waals surface area (Å²) < 4.78 is 20.8. The van der Waals surface area contributed by atoms with Crippen molar-refractivity contribution < 1.29 is 52.8 Å². The predicted molar refractivity (Wildman–Crippen MR) is 218 cm³/mol. The second-order valence-electron chi connectivity index (χ2n) is 15.0. The molecule has 314 valence electrons. The number of nitrogens with one attached hydrogen (secondary N) is 2. The van der Waals surface area contributed by atoms with Gasteiger partial charge in [0.25, 0.3) is 5.91 Å². The molecule has 1 amide bonds. The highest BCUT2D eigenvalue weighted by Crippen LogP contribution is 2.33. The van der Waals surface area contributed by atoms with Gasteiger partial charge in [-0.2, -0.15) is 0 Å². The number of pyridine rings is 1.